The van der Waals surface area contributed by atoms with Crippen LogP contribution in [0.2, 0.25) is 0 Å². The minimum absolute atomic E-state index is 0.128. The van der Waals surface area contributed by atoms with E-state index in [-0.39, 0.29) is 6.04 Å². The summed E-state index contributed by atoms with van der Waals surface area (Å²) in [6, 6.07) is 10.5. The zero-order valence-electron chi connectivity index (χ0n) is 12.2. The van der Waals surface area contributed by atoms with Crippen LogP contribution in [-0.2, 0) is 18.2 Å². The van der Waals surface area contributed by atoms with Crippen molar-refractivity contribution in [1.29, 1.82) is 0 Å². The lowest BCUT2D eigenvalue weighted by Gasteiger charge is -2.10. The van der Waals surface area contributed by atoms with E-state index in [0.717, 1.165) is 17.8 Å². The Morgan fingerprint density at radius 1 is 1.18 bits per heavy atom. The van der Waals surface area contributed by atoms with Crippen molar-refractivity contribution in [2.45, 2.75) is 12.5 Å². The summed E-state index contributed by atoms with van der Waals surface area (Å²) >= 11 is 0. The standard InChI is InChI=1S/C16H15N5O/c1-21-10-19-15-13(17-9-18-15)14(21)16-20-12(8-22-16)7-11-5-3-2-4-6-11/h2-6,9-10,12H,7-8H2,1H3. The number of ether oxygens (including phenoxy) is 1. The first-order valence-electron chi connectivity index (χ1n) is 7.18. The molecule has 6 nitrogen and oxygen atoms in total. The number of imidazole rings is 1. The molecule has 0 saturated carbocycles. The Morgan fingerprint density at radius 3 is 2.91 bits per heavy atom. The number of hydrogen-bond acceptors (Lipinski definition) is 5. The minimum atomic E-state index is 0.128. The number of aromatic nitrogens is 4. The average Bonchev–Trinajstić information content (AvgIpc) is 3.17. The van der Waals surface area contributed by atoms with Gasteiger partial charge in [-0.05, 0) is 12.0 Å². The van der Waals surface area contributed by atoms with Crippen LogP contribution in [0, 0.1) is 0 Å². The second-order valence-electron chi connectivity index (χ2n) is 5.34. The molecule has 3 aliphatic rings. The van der Waals surface area contributed by atoms with Gasteiger partial charge in [0.25, 0.3) is 0 Å². The highest BCUT2D eigenvalue weighted by Gasteiger charge is 2.26. The molecule has 0 bridgehead atoms. The van der Waals surface area contributed by atoms with Crippen molar-refractivity contribution >= 4 is 5.90 Å². The Morgan fingerprint density at radius 2 is 2.05 bits per heavy atom. The van der Waals surface area contributed by atoms with E-state index in [1.807, 2.05) is 29.8 Å². The fourth-order valence-electron chi connectivity index (χ4n) is 2.68. The van der Waals surface area contributed by atoms with Crippen LogP contribution in [0.4, 0.5) is 0 Å². The summed E-state index contributed by atoms with van der Waals surface area (Å²) in [7, 11) is 1.91. The van der Waals surface area contributed by atoms with Gasteiger partial charge in [-0.25, -0.2) is 19.9 Å². The molecular formula is C16H15N5O. The molecule has 0 aromatic heterocycles. The van der Waals surface area contributed by atoms with E-state index >= 15 is 0 Å². The largest absolute Gasteiger partial charge is 0.474 e. The van der Waals surface area contributed by atoms with Gasteiger partial charge >= 0.3 is 0 Å². The van der Waals surface area contributed by atoms with Crippen molar-refractivity contribution < 1.29 is 4.74 Å². The zero-order chi connectivity index (χ0) is 14.9. The SMILES string of the molecule is Cn1cnc2ncnc-2c1C1=NC(Cc2ccccc2)CO1. The normalized spacial score (nSPS) is 17.5. The number of hydrogen-bond donors (Lipinski definition) is 0. The number of benzene rings is 1. The predicted molar refractivity (Wildman–Crippen MR) is 81.8 cm³/mol. The fourth-order valence-corrected chi connectivity index (χ4v) is 2.68. The van der Waals surface area contributed by atoms with Gasteiger partial charge in [0.1, 0.15) is 24.3 Å². The van der Waals surface area contributed by atoms with Gasteiger partial charge in [0.05, 0.1) is 12.4 Å². The van der Waals surface area contributed by atoms with Crippen LogP contribution >= 0.6 is 0 Å². The Balaban J connectivity index is 1.64. The Bertz CT molecular complexity index is 795. The highest BCUT2D eigenvalue weighted by Crippen LogP contribution is 2.23. The summed E-state index contributed by atoms with van der Waals surface area (Å²) in [5.74, 6) is 1.24. The van der Waals surface area contributed by atoms with Crippen LogP contribution in [0.3, 0.4) is 0 Å². The van der Waals surface area contributed by atoms with E-state index in [9.17, 15) is 0 Å². The summed E-state index contributed by atoms with van der Waals surface area (Å²) in [6.45, 7) is 0.585. The van der Waals surface area contributed by atoms with Gasteiger partial charge in [-0.15, -0.1) is 0 Å². The maximum atomic E-state index is 5.82. The number of aliphatic imine (C=N–C) groups is 1. The fraction of sp³-hybridized carbons (Fsp3) is 0.250. The van der Waals surface area contributed by atoms with Crippen LogP contribution in [0.15, 0.2) is 48.0 Å². The molecule has 0 fully saturated rings. The summed E-state index contributed by atoms with van der Waals surface area (Å²) in [5, 5.41) is 0. The van der Waals surface area contributed by atoms with Gasteiger partial charge in [0.15, 0.2) is 5.82 Å². The van der Waals surface area contributed by atoms with E-state index in [0.29, 0.717) is 18.3 Å². The van der Waals surface area contributed by atoms with Crippen LogP contribution < -0.4 is 0 Å². The average molecular weight is 293 g/mol. The summed E-state index contributed by atoms with van der Waals surface area (Å²) < 4.78 is 7.69. The Kier molecular flexibility index (Phi) is 3.07. The molecule has 110 valence electrons. The maximum absolute atomic E-state index is 5.82. The van der Waals surface area contributed by atoms with Crippen molar-refractivity contribution in [2.75, 3.05) is 6.61 Å². The molecule has 0 spiro atoms. The van der Waals surface area contributed by atoms with Crippen LogP contribution in [0.1, 0.15) is 11.3 Å². The topological polar surface area (TPSA) is 65.2 Å². The van der Waals surface area contributed by atoms with Gasteiger partial charge in [0, 0.05) is 7.05 Å². The molecule has 0 saturated heterocycles. The first-order chi connectivity index (χ1) is 10.8. The third-order valence-corrected chi connectivity index (χ3v) is 3.74. The van der Waals surface area contributed by atoms with Crippen LogP contribution in [-0.4, -0.2) is 38.1 Å². The Hall–Kier alpha value is -2.76. The van der Waals surface area contributed by atoms with Gasteiger partial charge < -0.3 is 9.30 Å². The predicted octanol–water partition coefficient (Wildman–Crippen LogP) is 1.70. The molecule has 3 heterocycles. The molecule has 0 radical (unpaired) electrons. The molecule has 0 amide bonds. The first-order valence-corrected chi connectivity index (χ1v) is 7.18. The van der Waals surface area contributed by atoms with Crippen molar-refractivity contribution in [3.63, 3.8) is 0 Å². The van der Waals surface area contributed by atoms with Gasteiger partial charge in [-0.3, -0.25) is 0 Å². The summed E-state index contributed by atoms with van der Waals surface area (Å²) in [4.78, 5) is 17.4. The lowest BCUT2D eigenvalue weighted by molar-refractivity contribution is 0.315. The van der Waals surface area contributed by atoms with Crippen molar-refractivity contribution in [1.82, 2.24) is 19.5 Å². The highest BCUT2D eigenvalue weighted by atomic mass is 16.5. The highest BCUT2D eigenvalue weighted by molar-refractivity contribution is 5.98. The second kappa shape index (κ2) is 5.22. The maximum Gasteiger partial charge on any atom is 0.236 e. The van der Waals surface area contributed by atoms with E-state index in [4.69, 9.17) is 9.73 Å². The third-order valence-electron chi connectivity index (χ3n) is 3.74. The second-order valence-corrected chi connectivity index (χ2v) is 5.34. The molecule has 1 aromatic carbocycles. The first kappa shape index (κ1) is 12.9. The minimum Gasteiger partial charge on any atom is -0.474 e. The number of rotatable bonds is 3. The molecule has 1 unspecified atom stereocenters. The smallest absolute Gasteiger partial charge is 0.236 e. The third kappa shape index (κ3) is 2.22. The number of aryl methyl sites for hydroxylation is 1. The van der Waals surface area contributed by atoms with Crippen molar-refractivity contribution in [3.8, 4) is 11.5 Å². The van der Waals surface area contributed by atoms with Gasteiger partial charge in [0.2, 0.25) is 5.90 Å². The lowest BCUT2D eigenvalue weighted by Crippen LogP contribution is -2.14. The lowest BCUT2D eigenvalue weighted by atomic mass is 10.1. The van der Waals surface area contributed by atoms with Gasteiger partial charge in [-0.1, -0.05) is 30.3 Å². The molecule has 1 atom stereocenters. The summed E-state index contributed by atoms with van der Waals surface area (Å²) in [6.07, 6.45) is 4.09. The van der Waals surface area contributed by atoms with E-state index in [2.05, 4.69) is 27.1 Å². The Labute approximate surface area is 127 Å². The monoisotopic (exact) mass is 293 g/mol. The van der Waals surface area contributed by atoms with E-state index in [1.165, 1.54) is 11.9 Å². The molecule has 1 aromatic rings. The molecule has 3 aliphatic heterocycles. The van der Waals surface area contributed by atoms with Crippen LogP contribution in [0.25, 0.3) is 11.5 Å². The zero-order valence-corrected chi connectivity index (χ0v) is 12.2. The van der Waals surface area contributed by atoms with E-state index < -0.39 is 0 Å². The number of nitrogens with zero attached hydrogens (tertiary/aromatic N) is 5. The molecule has 6 heteroatoms. The quantitative estimate of drug-likeness (QED) is 0.737. The molecular weight excluding hydrogens is 278 g/mol. The molecule has 0 N–H and O–H groups in total. The summed E-state index contributed by atoms with van der Waals surface area (Å²) in [5.41, 5.74) is 2.82. The van der Waals surface area contributed by atoms with E-state index in [1.54, 1.807) is 6.33 Å². The molecule has 0 aliphatic carbocycles. The molecule has 22 heavy (non-hydrogen) atoms. The van der Waals surface area contributed by atoms with Crippen LogP contribution in [0.5, 0.6) is 0 Å². The number of fused-ring (bicyclic) bond motifs is 1. The molecule has 4 rings (SSSR count). The van der Waals surface area contributed by atoms with Crippen molar-refractivity contribution in [3.05, 3.63) is 54.2 Å². The van der Waals surface area contributed by atoms with Crippen molar-refractivity contribution in [2.24, 2.45) is 12.0 Å². The van der Waals surface area contributed by atoms with Gasteiger partial charge in [-0.2, -0.15) is 0 Å².